The number of amides is 6. The number of guanidine groups is 1. The quantitative estimate of drug-likeness (QED) is 0.0278. The van der Waals surface area contributed by atoms with Crippen LogP contribution in [0.15, 0.2) is 4.99 Å². The maximum atomic E-state index is 13.0. The van der Waals surface area contributed by atoms with Crippen LogP contribution in [0.3, 0.4) is 0 Å². The number of piperidine rings is 1. The molecule has 26 heteroatoms. The minimum Gasteiger partial charge on any atom is -0.394 e. The Bertz CT molecular complexity index is 1620. The van der Waals surface area contributed by atoms with E-state index in [0.717, 1.165) is 6.42 Å². The van der Waals surface area contributed by atoms with Gasteiger partial charge in [-0.15, -0.1) is 0 Å². The average Bonchev–Trinajstić information content (AvgIpc) is 3.72. The van der Waals surface area contributed by atoms with E-state index >= 15 is 0 Å². The number of aliphatic hydroxyl groups is 4. The Kier molecular flexibility index (Phi) is 26.4. The van der Waals surface area contributed by atoms with E-state index in [4.69, 9.17) is 39.1 Å². The van der Waals surface area contributed by atoms with Crippen molar-refractivity contribution in [1.82, 2.24) is 42.5 Å². The normalized spacial score (nSPS) is 26.1. The van der Waals surface area contributed by atoms with Gasteiger partial charge in [0.05, 0.1) is 18.8 Å². The summed E-state index contributed by atoms with van der Waals surface area (Å²) in [7, 11) is 0. The van der Waals surface area contributed by atoms with Crippen molar-refractivity contribution >= 4 is 41.4 Å². The minimum absolute atomic E-state index is 0.0383. The highest BCUT2D eigenvalue weighted by molar-refractivity contribution is 5.94. The molecule has 0 saturated carbocycles. The van der Waals surface area contributed by atoms with Crippen LogP contribution in [0.25, 0.3) is 0 Å². The molecule has 3 aliphatic heterocycles. The lowest BCUT2D eigenvalue weighted by Crippen LogP contribution is -2.64. The average molecular weight is 972 g/mol. The van der Waals surface area contributed by atoms with Crippen molar-refractivity contribution < 1.29 is 53.9 Å². The number of carbonyl (C=O) groups is 6. The number of fused-ring (bicyclic) bond motifs is 1. The van der Waals surface area contributed by atoms with E-state index in [1.165, 1.54) is 0 Å². The highest BCUT2D eigenvalue weighted by atomic mass is 16.5. The molecule has 26 nitrogen and oxygen atoms in total. The molecule has 0 radical (unpaired) electrons. The molecular formula is C42H81N15O11. The van der Waals surface area contributed by atoms with E-state index in [9.17, 15) is 49.2 Å². The fourth-order valence-electron chi connectivity index (χ4n) is 8.06. The third-order valence-corrected chi connectivity index (χ3v) is 11.9. The van der Waals surface area contributed by atoms with Gasteiger partial charge in [0.2, 0.25) is 35.4 Å². The first kappa shape index (κ1) is 58.0. The van der Waals surface area contributed by atoms with Gasteiger partial charge in [0.1, 0.15) is 30.4 Å². The molecule has 68 heavy (non-hydrogen) atoms. The first-order chi connectivity index (χ1) is 32.4. The summed E-state index contributed by atoms with van der Waals surface area (Å²) in [5, 5.41) is 63.5. The molecule has 3 rings (SSSR count). The van der Waals surface area contributed by atoms with E-state index < -0.39 is 73.4 Å². The summed E-state index contributed by atoms with van der Waals surface area (Å²) in [5.74, 6) is -1.63. The molecule has 0 aromatic carbocycles. The summed E-state index contributed by atoms with van der Waals surface area (Å²) < 4.78 is 5.70. The van der Waals surface area contributed by atoms with Crippen LogP contribution in [-0.4, -0.2) is 187 Å². The van der Waals surface area contributed by atoms with Crippen molar-refractivity contribution in [2.45, 2.75) is 175 Å². The van der Waals surface area contributed by atoms with Crippen molar-refractivity contribution in [2.24, 2.45) is 39.4 Å². The number of carbonyl (C=O) groups excluding carboxylic acids is 6. The number of ether oxygens (including phenoxy) is 1. The first-order valence-electron chi connectivity index (χ1n) is 23.9. The molecule has 6 amide bonds. The highest BCUT2D eigenvalue weighted by Gasteiger charge is 2.47. The van der Waals surface area contributed by atoms with Crippen molar-refractivity contribution in [3.05, 3.63) is 0 Å². The van der Waals surface area contributed by atoms with Crippen LogP contribution in [0, 0.1) is 0 Å². The molecule has 0 bridgehead atoms. The lowest BCUT2D eigenvalue weighted by Gasteiger charge is -2.41. The predicted molar refractivity (Wildman–Crippen MR) is 250 cm³/mol. The Morgan fingerprint density at radius 2 is 1.04 bits per heavy atom. The van der Waals surface area contributed by atoms with Crippen LogP contribution in [0.2, 0.25) is 0 Å². The zero-order chi connectivity index (χ0) is 50.2. The molecule has 3 heterocycles. The van der Waals surface area contributed by atoms with Crippen LogP contribution < -0.4 is 76.9 Å². The summed E-state index contributed by atoms with van der Waals surface area (Å²) in [6, 6.07) is -4.79. The van der Waals surface area contributed by atoms with Gasteiger partial charge in [-0.25, -0.2) is 4.99 Å². The number of nitrogens with zero attached hydrogens (tertiary/aromatic N) is 1. The molecule has 13 atom stereocenters. The number of nitrogens with two attached hydrogens (primary N) is 6. The van der Waals surface area contributed by atoms with Gasteiger partial charge in [-0.05, 0) is 70.8 Å². The molecule has 3 fully saturated rings. The number of aliphatic hydroxyl groups excluding tert-OH is 4. The van der Waals surface area contributed by atoms with Gasteiger partial charge in [0, 0.05) is 95.0 Å². The molecule has 0 spiro atoms. The van der Waals surface area contributed by atoms with Gasteiger partial charge >= 0.3 is 0 Å². The van der Waals surface area contributed by atoms with Crippen LogP contribution in [0.1, 0.15) is 96.3 Å². The topological polar surface area (TPSA) is 457 Å². The molecule has 390 valence electrons. The van der Waals surface area contributed by atoms with E-state index in [-0.39, 0.29) is 98.8 Å². The molecule has 0 aromatic heterocycles. The Labute approximate surface area is 397 Å². The maximum absolute atomic E-state index is 13.0. The fourth-order valence-corrected chi connectivity index (χ4v) is 8.06. The zero-order valence-corrected chi connectivity index (χ0v) is 39.1. The first-order valence-corrected chi connectivity index (χ1v) is 23.9. The van der Waals surface area contributed by atoms with Crippen LogP contribution in [0.5, 0.6) is 0 Å². The van der Waals surface area contributed by atoms with Gasteiger partial charge in [-0.1, -0.05) is 0 Å². The Balaban J connectivity index is 1.21. The van der Waals surface area contributed by atoms with Gasteiger partial charge in [-0.2, -0.15) is 0 Å². The summed E-state index contributed by atoms with van der Waals surface area (Å²) >= 11 is 0. The lowest BCUT2D eigenvalue weighted by atomic mass is 9.95. The summed E-state index contributed by atoms with van der Waals surface area (Å²) in [5.41, 5.74) is 35.9. The maximum Gasteiger partial charge on any atom is 0.244 e. The molecule has 0 aliphatic carbocycles. The van der Waals surface area contributed by atoms with E-state index in [2.05, 4.69) is 47.5 Å². The van der Waals surface area contributed by atoms with Crippen LogP contribution in [0.4, 0.5) is 0 Å². The molecule has 24 N–H and O–H groups in total. The molecule has 3 saturated heterocycles. The summed E-state index contributed by atoms with van der Waals surface area (Å²) in [4.78, 5) is 78.8. The standard InChI is InChI=1S/C42H81N15O11/c43-11-1-6-23(44)16-30(60)49-12-2-7-24(45)17-31(61)50-13-3-8-25(46)18-32(62)51-14-4-9-26(47)19-33(63)52-15-5-10-27(48)20-34(64)54-37-39(66)38(65)29(22-58)68-41(37)57-42-55-35-28(59)21-53-40(67)36(35)56-42/h23-29,35-39,41,58-59,65-66H,1-22,43-48H2,(H,49,60)(H,50,61)(H,51,62)(H,52,63)(H,53,67)(H,54,64)(H2,55,56,57)/t23?,24?,25?,26?,27?,28?,29-,35?,36?,37-,38-,39-,41-/m1/s1. The summed E-state index contributed by atoms with van der Waals surface area (Å²) in [6.07, 6.45) is -0.486. The van der Waals surface area contributed by atoms with Gasteiger partial charge in [0.15, 0.2) is 12.2 Å². The largest absolute Gasteiger partial charge is 0.394 e. The number of hydrogen-bond donors (Lipinski definition) is 18. The number of aliphatic imine (C=N–C) groups is 1. The van der Waals surface area contributed by atoms with Gasteiger partial charge in [-0.3, -0.25) is 28.8 Å². The Morgan fingerprint density at radius 1 is 0.632 bits per heavy atom. The fraction of sp³-hybridized carbons (Fsp3) is 0.833. The molecule has 8 unspecified atom stereocenters. The molecule has 0 aromatic rings. The van der Waals surface area contributed by atoms with E-state index in [1.807, 2.05) is 0 Å². The van der Waals surface area contributed by atoms with Crippen LogP contribution in [-0.2, 0) is 33.5 Å². The van der Waals surface area contributed by atoms with E-state index in [1.54, 1.807) is 0 Å². The second-order valence-corrected chi connectivity index (χ2v) is 18.1. The van der Waals surface area contributed by atoms with Crippen molar-refractivity contribution in [3.8, 4) is 0 Å². The second-order valence-electron chi connectivity index (χ2n) is 18.1. The number of nitrogens with one attached hydrogen (secondary N) is 8. The lowest BCUT2D eigenvalue weighted by molar-refractivity contribution is -0.193. The molecular weight excluding hydrogens is 891 g/mol. The number of rotatable bonds is 32. The Morgan fingerprint density at radius 3 is 1.44 bits per heavy atom. The predicted octanol–water partition coefficient (Wildman–Crippen LogP) is -7.40. The van der Waals surface area contributed by atoms with Gasteiger partial charge in [0.25, 0.3) is 0 Å². The second kappa shape index (κ2) is 31.0. The Hall–Kier alpha value is -4.35. The van der Waals surface area contributed by atoms with Crippen molar-refractivity contribution in [1.29, 1.82) is 0 Å². The molecule has 3 aliphatic rings. The van der Waals surface area contributed by atoms with Crippen molar-refractivity contribution in [3.63, 3.8) is 0 Å². The van der Waals surface area contributed by atoms with Crippen LogP contribution >= 0.6 is 0 Å². The van der Waals surface area contributed by atoms with E-state index in [0.29, 0.717) is 84.0 Å². The SMILES string of the molecule is NCCCC(N)CC(=O)NCCCC(N)CC(=O)NCCCC(N)CC(=O)NCCCC(N)CC(=O)NCCCC(N)CC(=O)N[C@@H]1[C@@H](O)[C@H](O)[C@@H](CO)O[C@H]1/N=C1/NC2C(=O)NCC(O)C2N1. The third-order valence-electron chi connectivity index (χ3n) is 11.9. The highest BCUT2D eigenvalue weighted by Crippen LogP contribution is 2.23. The van der Waals surface area contributed by atoms with Gasteiger partial charge < -0.3 is 102 Å². The number of β-amino-alcohol motifs (C(OH)–C–C–N with tert-alkyl or cyclic N) is 1. The smallest absolute Gasteiger partial charge is 0.244 e. The monoisotopic (exact) mass is 972 g/mol. The third kappa shape index (κ3) is 21.5. The zero-order valence-electron chi connectivity index (χ0n) is 39.1. The number of hydrogen-bond acceptors (Lipinski definition) is 18. The van der Waals surface area contributed by atoms with Crippen molar-refractivity contribution in [2.75, 3.05) is 45.9 Å². The summed E-state index contributed by atoms with van der Waals surface area (Å²) in [6.45, 7) is 1.44. The minimum atomic E-state index is -1.59.